The molecule has 2 aliphatic rings. The lowest BCUT2D eigenvalue weighted by Gasteiger charge is -2.30. The summed E-state index contributed by atoms with van der Waals surface area (Å²) < 4.78 is 0. The third-order valence-electron chi connectivity index (χ3n) is 4.80. The predicted octanol–water partition coefficient (Wildman–Crippen LogP) is 3.61. The van der Waals surface area contributed by atoms with Crippen LogP contribution in [-0.4, -0.2) is 29.2 Å². The maximum Gasteiger partial charge on any atom is 0.267 e. The summed E-state index contributed by atoms with van der Waals surface area (Å²) >= 11 is 6.20. The molecule has 2 aliphatic heterocycles. The number of hydrogen-bond acceptors (Lipinski definition) is 3. The maximum absolute atomic E-state index is 12.8. The van der Waals surface area contributed by atoms with Crippen molar-refractivity contribution < 1.29 is 9.63 Å². The summed E-state index contributed by atoms with van der Waals surface area (Å²) in [7, 11) is 0. The lowest BCUT2D eigenvalue weighted by molar-refractivity contribution is -0.143. The van der Waals surface area contributed by atoms with E-state index < -0.39 is 6.10 Å². The van der Waals surface area contributed by atoms with Gasteiger partial charge in [-0.1, -0.05) is 59.2 Å². The first kappa shape index (κ1) is 16.2. The zero-order valence-electron chi connectivity index (χ0n) is 13.8. The molecular weight excluding hydrogens is 336 g/mol. The fourth-order valence-electron chi connectivity index (χ4n) is 3.41. The molecule has 0 radical (unpaired) electrons. The number of oxime groups is 1. The topological polar surface area (TPSA) is 41.9 Å². The van der Waals surface area contributed by atoms with Crippen molar-refractivity contribution in [2.75, 3.05) is 6.54 Å². The number of halogens is 1. The minimum atomic E-state index is -0.511. The quantitative estimate of drug-likeness (QED) is 0.845. The lowest BCUT2D eigenvalue weighted by atomic mass is 9.98. The van der Waals surface area contributed by atoms with Crippen molar-refractivity contribution in [2.24, 2.45) is 5.16 Å². The van der Waals surface area contributed by atoms with Crippen LogP contribution in [0.3, 0.4) is 0 Å². The standard InChI is InChI=1S/C20H19ClN2O2/c21-18-8-4-3-6-15(18)11-17-12-19(25-22-17)20(24)23-10-9-14-5-1-2-7-16(14)13-23/h1-8,19H,9-13H2. The van der Waals surface area contributed by atoms with Gasteiger partial charge in [0.2, 0.25) is 6.10 Å². The molecule has 0 bridgehead atoms. The van der Waals surface area contributed by atoms with E-state index in [4.69, 9.17) is 16.4 Å². The monoisotopic (exact) mass is 354 g/mol. The molecule has 1 atom stereocenters. The van der Waals surface area contributed by atoms with Gasteiger partial charge in [0.05, 0.1) is 5.71 Å². The lowest BCUT2D eigenvalue weighted by Crippen LogP contribution is -2.42. The zero-order chi connectivity index (χ0) is 17.2. The first-order valence-electron chi connectivity index (χ1n) is 8.51. The van der Waals surface area contributed by atoms with Crippen molar-refractivity contribution >= 4 is 23.2 Å². The number of hydrogen-bond donors (Lipinski definition) is 0. The van der Waals surface area contributed by atoms with Crippen LogP contribution in [0.25, 0.3) is 0 Å². The van der Waals surface area contributed by atoms with E-state index in [1.807, 2.05) is 41.3 Å². The van der Waals surface area contributed by atoms with Crippen LogP contribution in [0.5, 0.6) is 0 Å². The number of rotatable bonds is 3. The van der Waals surface area contributed by atoms with E-state index in [0.29, 0.717) is 24.4 Å². The summed E-state index contributed by atoms with van der Waals surface area (Å²) in [6, 6.07) is 16.0. The molecule has 2 aromatic rings. The molecule has 1 unspecified atom stereocenters. The van der Waals surface area contributed by atoms with E-state index in [1.165, 1.54) is 11.1 Å². The molecule has 0 aliphatic carbocycles. The number of amides is 1. The van der Waals surface area contributed by atoms with Gasteiger partial charge in [-0.05, 0) is 29.2 Å². The first-order valence-corrected chi connectivity index (χ1v) is 8.89. The molecule has 2 aromatic carbocycles. The van der Waals surface area contributed by atoms with Crippen LogP contribution >= 0.6 is 11.6 Å². The smallest absolute Gasteiger partial charge is 0.267 e. The van der Waals surface area contributed by atoms with Gasteiger partial charge in [-0.25, -0.2) is 0 Å². The third-order valence-corrected chi connectivity index (χ3v) is 5.17. The van der Waals surface area contributed by atoms with Crippen molar-refractivity contribution in [1.82, 2.24) is 4.90 Å². The van der Waals surface area contributed by atoms with E-state index >= 15 is 0 Å². The second-order valence-corrected chi connectivity index (χ2v) is 6.91. The Kier molecular flexibility index (Phi) is 4.45. The molecule has 0 N–H and O–H groups in total. The van der Waals surface area contributed by atoms with Gasteiger partial charge in [0.25, 0.3) is 5.91 Å². The average molecular weight is 355 g/mol. The molecule has 128 valence electrons. The van der Waals surface area contributed by atoms with Crippen LogP contribution in [0, 0.1) is 0 Å². The van der Waals surface area contributed by atoms with E-state index in [-0.39, 0.29) is 5.91 Å². The third kappa shape index (κ3) is 3.40. The molecule has 1 amide bonds. The predicted molar refractivity (Wildman–Crippen MR) is 97.6 cm³/mol. The summed E-state index contributed by atoms with van der Waals surface area (Å²) in [6.45, 7) is 1.38. The normalized spacial score (nSPS) is 19.2. The van der Waals surface area contributed by atoms with E-state index in [1.54, 1.807) is 0 Å². The molecule has 0 aromatic heterocycles. The van der Waals surface area contributed by atoms with E-state index in [0.717, 1.165) is 24.2 Å². The fourth-order valence-corrected chi connectivity index (χ4v) is 3.62. The van der Waals surface area contributed by atoms with Crippen LogP contribution in [0.1, 0.15) is 23.1 Å². The van der Waals surface area contributed by atoms with Crippen molar-refractivity contribution in [1.29, 1.82) is 0 Å². The van der Waals surface area contributed by atoms with Crippen LogP contribution in [-0.2, 0) is 29.0 Å². The first-order chi connectivity index (χ1) is 12.2. The summed E-state index contributed by atoms with van der Waals surface area (Å²) in [6.07, 6.45) is 1.53. The number of carbonyl (C=O) groups is 1. The van der Waals surface area contributed by atoms with Gasteiger partial charge >= 0.3 is 0 Å². The molecule has 4 rings (SSSR count). The molecular formula is C20H19ClN2O2. The van der Waals surface area contributed by atoms with Crippen molar-refractivity contribution in [3.63, 3.8) is 0 Å². The SMILES string of the molecule is O=C(C1CC(Cc2ccccc2Cl)=NO1)N1CCc2ccccc2C1. The Hall–Kier alpha value is -2.33. The number of fused-ring (bicyclic) bond motifs is 1. The molecule has 0 saturated carbocycles. The van der Waals surface area contributed by atoms with Gasteiger partial charge in [0.1, 0.15) is 0 Å². The Morgan fingerprint density at radius 1 is 1.16 bits per heavy atom. The fraction of sp³-hybridized carbons (Fsp3) is 0.300. The van der Waals surface area contributed by atoms with E-state index in [9.17, 15) is 4.79 Å². The molecule has 0 fully saturated rings. The highest BCUT2D eigenvalue weighted by Crippen LogP contribution is 2.24. The van der Waals surface area contributed by atoms with Crippen molar-refractivity contribution in [3.8, 4) is 0 Å². The van der Waals surface area contributed by atoms with Crippen molar-refractivity contribution in [2.45, 2.75) is 31.9 Å². The highest BCUT2D eigenvalue weighted by molar-refractivity contribution is 6.31. The Morgan fingerprint density at radius 2 is 1.92 bits per heavy atom. The highest BCUT2D eigenvalue weighted by Gasteiger charge is 2.33. The number of benzene rings is 2. The molecule has 25 heavy (non-hydrogen) atoms. The molecule has 0 saturated heterocycles. The van der Waals surface area contributed by atoms with Gasteiger partial charge in [-0.15, -0.1) is 0 Å². The maximum atomic E-state index is 12.8. The summed E-state index contributed by atoms with van der Waals surface area (Å²) in [5, 5.41) is 4.84. The number of carbonyl (C=O) groups excluding carboxylic acids is 1. The average Bonchev–Trinajstić information content (AvgIpc) is 3.11. The van der Waals surface area contributed by atoms with Crippen LogP contribution < -0.4 is 0 Å². The molecule has 0 spiro atoms. The second-order valence-electron chi connectivity index (χ2n) is 6.50. The number of nitrogens with zero attached hydrogens (tertiary/aromatic N) is 2. The van der Waals surface area contributed by atoms with Gasteiger partial charge in [0.15, 0.2) is 0 Å². The Morgan fingerprint density at radius 3 is 2.76 bits per heavy atom. The summed E-state index contributed by atoms with van der Waals surface area (Å²) in [5.41, 5.74) is 4.42. The largest absolute Gasteiger partial charge is 0.382 e. The van der Waals surface area contributed by atoms with E-state index in [2.05, 4.69) is 17.3 Å². The summed E-state index contributed by atoms with van der Waals surface area (Å²) in [5.74, 6) is 0.0208. The molecule has 2 heterocycles. The van der Waals surface area contributed by atoms with Gasteiger partial charge < -0.3 is 9.74 Å². The van der Waals surface area contributed by atoms with Gasteiger partial charge in [0, 0.05) is 31.0 Å². The van der Waals surface area contributed by atoms with Crippen molar-refractivity contribution in [3.05, 3.63) is 70.2 Å². The highest BCUT2D eigenvalue weighted by atomic mass is 35.5. The zero-order valence-corrected chi connectivity index (χ0v) is 14.6. The second kappa shape index (κ2) is 6.89. The van der Waals surface area contributed by atoms with Crippen LogP contribution in [0.15, 0.2) is 53.7 Å². The van der Waals surface area contributed by atoms with Crippen LogP contribution in [0.4, 0.5) is 0 Å². The van der Waals surface area contributed by atoms with Crippen LogP contribution in [0.2, 0.25) is 5.02 Å². The summed E-state index contributed by atoms with van der Waals surface area (Å²) in [4.78, 5) is 20.1. The van der Waals surface area contributed by atoms with Gasteiger partial charge in [-0.3, -0.25) is 4.79 Å². The Balaban J connectivity index is 1.38. The minimum Gasteiger partial charge on any atom is -0.382 e. The molecule has 5 heteroatoms. The Labute approximate surface area is 152 Å². The van der Waals surface area contributed by atoms with Gasteiger partial charge in [-0.2, -0.15) is 0 Å². The Bertz CT molecular complexity index is 834. The molecule has 4 nitrogen and oxygen atoms in total. The minimum absolute atomic E-state index is 0.0208.